The van der Waals surface area contributed by atoms with Crippen molar-refractivity contribution in [1.82, 2.24) is 9.71 Å². The Morgan fingerprint density at radius 3 is 2.57 bits per heavy atom. The number of ether oxygens (including phenoxy) is 2. The zero-order valence-electron chi connectivity index (χ0n) is 21.5. The largest absolute Gasteiger partial charge is 0.760 e. The Morgan fingerprint density at radius 1 is 1.11 bits per heavy atom. The fourth-order valence-corrected chi connectivity index (χ4v) is 6.11. The second kappa shape index (κ2) is 12.6. The predicted octanol–water partition coefficient (Wildman–Crippen LogP) is 5.49. The first-order chi connectivity index (χ1) is 18.0. The molecule has 2 atom stereocenters. The Kier molecular flexibility index (Phi) is 9.29. The molecule has 1 N–H and O–H groups in total. The van der Waals surface area contributed by atoms with Gasteiger partial charge in [-0.3, -0.25) is 4.21 Å². The van der Waals surface area contributed by atoms with E-state index in [0.717, 1.165) is 73.5 Å². The Hall–Kier alpha value is -2.81. The van der Waals surface area contributed by atoms with Crippen LogP contribution in [-0.2, 0) is 39.4 Å². The van der Waals surface area contributed by atoms with Crippen LogP contribution in [0.3, 0.4) is 0 Å². The molecule has 0 spiro atoms. The van der Waals surface area contributed by atoms with Gasteiger partial charge in [0.1, 0.15) is 12.4 Å². The summed E-state index contributed by atoms with van der Waals surface area (Å²) in [6, 6.07) is 17.5. The molecule has 4 rings (SSSR count). The summed E-state index contributed by atoms with van der Waals surface area (Å²) in [5.74, 6) is -0.0908. The fraction of sp³-hybridized carbons (Fsp3) is 0.448. The molecule has 198 valence electrons. The SMILES string of the molecule is CCCc1cc(C(NS(=O)[O-])(C(=O)OC)C2CCCCCC2)ccc1OCc1ccc2ccccc2n1. The van der Waals surface area contributed by atoms with Crippen molar-refractivity contribution in [3.05, 3.63) is 71.4 Å². The number of benzene rings is 2. The molecule has 2 unspecified atom stereocenters. The van der Waals surface area contributed by atoms with Crippen molar-refractivity contribution in [2.75, 3.05) is 7.11 Å². The number of esters is 1. The van der Waals surface area contributed by atoms with E-state index >= 15 is 0 Å². The number of hydrogen-bond donors (Lipinski definition) is 1. The minimum absolute atomic E-state index is 0.205. The van der Waals surface area contributed by atoms with Crippen LogP contribution in [-0.4, -0.2) is 26.8 Å². The van der Waals surface area contributed by atoms with Crippen molar-refractivity contribution in [3.63, 3.8) is 0 Å². The van der Waals surface area contributed by atoms with E-state index in [-0.39, 0.29) is 5.92 Å². The highest BCUT2D eigenvalue weighted by Crippen LogP contribution is 2.41. The third-order valence-electron chi connectivity index (χ3n) is 7.29. The fourth-order valence-electron chi connectivity index (χ4n) is 5.48. The van der Waals surface area contributed by atoms with E-state index in [1.54, 1.807) is 6.07 Å². The summed E-state index contributed by atoms with van der Waals surface area (Å²) in [5, 5.41) is 1.07. The van der Waals surface area contributed by atoms with Gasteiger partial charge < -0.3 is 14.0 Å². The number of fused-ring (bicyclic) bond motifs is 1. The molecular formula is C29H35N2O5S-. The van der Waals surface area contributed by atoms with Crippen molar-refractivity contribution in [2.45, 2.75) is 70.4 Å². The maximum absolute atomic E-state index is 13.4. The van der Waals surface area contributed by atoms with Crippen molar-refractivity contribution in [3.8, 4) is 5.75 Å². The summed E-state index contributed by atoms with van der Waals surface area (Å²) >= 11 is -2.66. The lowest BCUT2D eigenvalue weighted by Gasteiger charge is -2.40. The van der Waals surface area contributed by atoms with E-state index in [1.165, 1.54) is 7.11 Å². The van der Waals surface area contributed by atoms with E-state index in [2.05, 4.69) is 11.6 Å². The number of nitrogens with zero attached hydrogens (tertiary/aromatic N) is 1. The van der Waals surface area contributed by atoms with Crippen LogP contribution >= 0.6 is 0 Å². The Labute approximate surface area is 221 Å². The van der Waals surface area contributed by atoms with Crippen molar-refractivity contribution >= 4 is 28.1 Å². The van der Waals surface area contributed by atoms with Crippen LogP contribution in [0, 0.1) is 5.92 Å². The minimum Gasteiger partial charge on any atom is -0.760 e. The predicted molar refractivity (Wildman–Crippen MR) is 143 cm³/mol. The first-order valence-electron chi connectivity index (χ1n) is 13.0. The van der Waals surface area contributed by atoms with Crippen LogP contribution in [0.15, 0.2) is 54.6 Å². The van der Waals surface area contributed by atoms with Crippen LogP contribution in [0.25, 0.3) is 10.9 Å². The number of aromatic nitrogens is 1. The Morgan fingerprint density at radius 2 is 1.86 bits per heavy atom. The van der Waals surface area contributed by atoms with Gasteiger partial charge in [0.05, 0.1) is 18.3 Å². The molecule has 0 bridgehead atoms. The Balaban J connectivity index is 1.69. The maximum atomic E-state index is 13.4. The summed E-state index contributed by atoms with van der Waals surface area (Å²) in [7, 11) is 1.31. The van der Waals surface area contributed by atoms with E-state index < -0.39 is 22.8 Å². The summed E-state index contributed by atoms with van der Waals surface area (Å²) in [5.41, 5.74) is 1.76. The van der Waals surface area contributed by atoms with Gasteiger partial charge >= 0.3 is 5.97 Å². The molecule has 1 heterocycles. The summed E-state index contributed by atoms with van der Waals surface area (Å²) in [4.78, 5) is 18.1. The van der Waals surface area contributed by atoms with Crippen LogP contribution < -0.4 is 9.46 Å². The highest BCUT2D eigenvalue weighted by Gasteiger charge is 2.48. The number of methoxy groups -OCH3 is 1. The molecule has 37 heavy (non-hydrogen) atoms. The molecular weight excluding hydrogens is 488 g/mol. The average Bonchev–Trinajstić information content (AvgIpc) is 3.20. The van der Waals surface area contributed by atoms with Gasteiger partial charge in [0.15, 0.2) is 5.54 Å². The molecule has 0 radical (unpaired) electrons. The summed E-state index contributed by atoms with van der Waals surface area (Å²) in [6.07, 6.45) is 7.11. The number of aryl methyl sites for hydroxylation is 1. The zero-order chi connectivity index (χ0) is 26.3. The van der Waals surface area contributed by atoms with Crippen LogP contribution in [0.1, 0.15) is 68.7 Å². The van der Waals surface area contributed by atoms with E-state index in [4.69, 9.17) is 14.5 Å². The molecule has 0 aliphatic heterocycles. The standard InChI is InChI=1S/C29H36N2O5S/c1-3-10-22-19-24(29(28(32)35-2,31-37(33)34)23-12-6-4-5-7-13-23)16-18-27(22)36-20-25-17-15-21-11-8-9-14-26(21)30-25/h8-9,11,14-19,23,31H,3-7,10,12-13,20H2,1-2H3,(H,33,34)/p-1. The van der Waals surface area contributed by atoms with E-state index in [0.29, 0.717) is 17.9 Å². The normalized spacial score (nSPS) is 17.1. The monoisotopic (exact) mass is 523 g/mol. The molecule has 7 nitrogen and oxygen atoms in total. The number of carbonyl (C=O) groups excluding carboxylic acids is 1. The molecule has 1 aliphatic carbocycles. The van der Waals surface area contributed by atoms with Gasteiger partial charge in [-0.15, -0.1) is 0 Å². The molecule has 3 aromatic rings. The number of carbonyl (C=O) groups is 1. The lowest BCUT2D eigenvalue weighted by Crippen LogP contribution is -2.55. The molecule has 1 aliphatic rings. The number of rotatable bonds is 10. The van der Waals surface area contributed by atoms with Crippen LogP contribution in [0.2, 0.25) is 0 Å². The van der Waals surface area contributed by atoms with Gasteiger partial charge in [-0.25, -0.2) is 14.5 Å². The smallest absolute Gasteiger partial charge is 0.331 e. The number of pyridine rings is 1. The van der Waals surface area contributed by atoms with Crippen LogP contribution in [0.4, 0.5) is 0 Å². The zero-order valence-corrected chi connectivity index (χ0v) is 22.4. The average molecular weight is 524 g/mol. The second-order valence-corrected chi connectivity index (χ2v) is 10.4. The lowest BCUT2D eigenvalue weighted by molar-refractivity contribution is -0.151. The molecule has 2 aromatic carbocycles. The van der Waals surface area contributed by atoms with Crippen molar-refractivity contribution in [2.24, 2.45) is 5.92 Å². The highest BCUT2D eigenvalue weighted by atomic mass is 32.2. The summed E-state index contributed by atoms with van der Waals surface area (Å²) < 4.78 is 38.1. The van der Waals surface area contributed by atoms with Gasteiger partial charge in [0.2, 0.25) is 0 Å². The lowest BCUT2D eigenvalue weighted by atomic mass is 9.74. The Bertz CT molecular complexity index is 1240. The quantitative estimate of drug-likeness (QED) is 0.214. The maximum Gasteiger partial charge on any atom is 0.331 e. The van der Waals surface area contributed by atoms with Gasteiger partial charge in [-0.1, -0.05) is 69.4 Å². The van der Waals surface area contributed by atoms with E-state index in [1.807, 2.05) is 48.5 Å². The molecule has 0 saturated heterocycles. The number of para-hydroxylation sites is 1. The molecule has 1 aromatic heterocycles. The van der Waals surface area contributed by atoms with Crippen LogP contribution in [0.5, 0.6) is 5.75 Å². The van der Waals surface area contributed by atoms with E-state index in [9.17, 15) is 13.6 Å². The minimum atomic E-state index is -2.66. The number of nitrogens with one attached hydrogen (secondary N) is 1. The topological polar surface area (TPSA) is 101 Å². The summed E-state index contributed by atoms with van der Waals surface area (Å²) in [6.45, 7) is 2.37. The molecule has 1 saturated carbocycles. The molecule has 8 heteroatoms. The van der Waals surface area contributed by atoms with Gasteiger partial charge in [-0.2, -0.15) is 0 Å². The third kappa shape index (κ3) is 6.20. The molecule has 1 fully saturated rings. The highest BCUT2D eigenvalue weighted by molar-refractivity contribution is 7.77. The van der Waals surface area contributed by atoms with Crippen molar-refractivity contribution in [1.29, 1.82) is 0 Å². The van der Waals surface area contributed by atoms with Crippen molar-refractivity contribution < 1.29 is 23.0 Å². The first-order valence-corrected chi connectivity index (χ1v) is 14.1. The van der Waals surface area contributed by atoms with Gasteiger partial charge in [0, 0.05) is 16.7 Å². The molecule has 0 amide bonds. The first kappa shape index (κ1) is 27.2. The second-order valence-electron chi connectivity index (χ2n) is 9.68. The number of hydrogen-bond acceptors (Lipinski definition) is 6. The third-order valence-corrected chi connectivity index (χ3v) is 7.77. The van der Waals surface area contributed by atoms with Gasteiger partial charge in [0.25, 0.3) is 0 Å². The van der Waals surface area contributed by atoms with Gasteiger partial charge in [-0.05, 0) is 60.6 Å².